The molecule has 82 valence electrons. The Hall–Kier alpha value is -0.0400. The van der Waals surface area contributed by atoms with Crippen LogP contribution in [-0.4, -0.2) is 5.54 Å². The van der Waals surface area contributed by atoms with E-state index < -0.39 is 0 Å². The standard InChI is InChI=1S/C8H17N.2C2H6/c1-7(2)4-5-8(3,9)6-7;2*1-2/h4-6,9H2,1-3H3;2*1-2H3. The van der Waals surface area contributed by atoms with Crippen LogP contribution in [0.1, 0.15) is 67.7 Å². The van der Waals surface area contributed by atoms with Gasteiger partial charge in [0.05, 0.1) is 0 Å². The summed E-state index contributed by atoms with van der Waals surface area (Å²) >= 11 is 0. The first-order valence-electron chi connectivity index (χ1n) is 5.70. The fraction of sp³-hybridized carbons (Fsp3) is 1.00. The molecular weight excluding hydrogens is 158 g/mol. The molecule has 1 aliphatic rings. The van der Waals surface area contributed by atoms with Crippen molar-refractivity contribution in [3.63, 3.8) is 0 Å². The van der Waals surface area contributed by atoms with Gasteiger partial charge >= 0.3 is 0 Å². The average Bonchev–Trinajstić information content (AvgIpc) is 2.32. The minimum atomic E-state index is 0.128. The summed E-state index contributed by atoms with van der Waals surface area (Å²) in [5.74, 6) is 0. The van der Waals surface area contributed by atoms with Crippen molar-refractivity contribution in [2.45, 2.75) is 73.3 Å². The Kier molecular flexibility index (Phi) is 7.62. The van der Waals surface area contributed by atoms with Gasteiger partial charge in [0, 0.05) is 5.54 Å². The molecule has 0 saturated heterocycles. The first kappa shape index (κ1) is 15.4. The Morgan fingerprint density at radius 3 is 1.31 bits per heavy atom. The molecule has 0 amide bonds. The van der Waals surface area contributed by atoms with Crippen LogP contribution in [0.4, 0.5) is 0 Å². The molecule has 1 aliphatic carbocycles. The molecule has 1 rings (SSSR count). The summed E-state index contributed by atoms with van der Waals surface area (Å²) in [5.41, 5.74) is 6.59. The number of nitrogens with two attached hydrogens (primary N) is 1. The van der Waals surface area contributed by atoms with Crippen molar-refractivity contribution in [1.82, 2.24) is 0 Å². The summed E-state index contributed by atoms with van der Waals surface area (Å²) in [7, 11) is 0. The van der Waals surface area contributed by atoms with E-state index in [1.807, 2.05) is 27.7 Å². The van der Waals surface area contributed by atoms with Gasteiger partial charge in [-0.2, -0.15) is 0 Å². The van der Waals surface area contributed by atoms with Crippen LogP contribution in [0.2, 0.25) is 0 Å². The lowest BCUT2D eigenvalue weighted by atomic mass is 9.89. The van der Waals surface area contributed by atoms with Crippen LogP contribution >= 0.6 is 0 Å². The Bertz CT molecular complexity index is 100. The van der Waals surface area contributed by atoms with E-state index in [0.29, 0.717) is 5.41 Å². The predicted octanol–water partition coefficient (Wildman–Crippen LogP) is 3.97. The van der Waals surface area contributed by atoms with Crippen molar-refractivity contribution in [2.75, 3.05) is 0 Å². The molecule has 1 saturated carbocycles. The zero-order valence-electron chi connectivity index (χ0n) is 10.7. The fourth-order valence-electron chi connectivity index (χ4n) is 1.89. The summed E-state index contributed by atoms with van der Waals surface area (Å²) in [5, 5.41) is 0. The highest BCUT2D eigenvalue weighted by Gasteiger charge is 2.36. The van der Waals surface area contributed by atoms with Crippen LogP contribution in [0.15, 0.2) is 0 Å². The third-order valence-electron chi connectivity index (χ3n) is 2.26. The largest absolute Gasteiger partial charge is 0.325 e. The maximum absolute atomic E-state index is 5.95. The molecule has 2 N–H and O–H groups in total. The molecule has 0 aromatic carbocycles. The molecule has 0 aromatic heterocycles. The highest BCUT2D eigenvalue weighted by Crippen LogP contribution is 2.41. The molecule has 13 heavy (non-hydrogen) atoms. The number of hydrogen-bond donors (Lipinski definition) is 1. The zero-order valence-corrected chi connectivity index (χ0v) is 10.7. The van der Waals surface area contributed by atoms with Gasteiger partial charge in [0.1, 0.15) is 0 Å². The summed E-state index contributed by atoms with van der Waals surface area (Å²) in [6.07, 6.45) is 3.67. The molecule has 1 fully saturated rings. The van der Waals surface area contributed by atoms with E-state index in [1.54, 1.807) is 0 Å². The van der Waals surface area contributed by atoms with E-state index in [1.165, 1.54) is 19.3 Å². The van der Waals surface area contributed by atoms with E-state index in [-0.39, 0.29) is 5.54 Å². The highest BCUT2D eigenvalue weighted by molar-refractivity contribution is 4.93. The first-order valence-corrected chi connectivity index (χ1v) is 5.70. The molecule has 0 radical (unpaired) electrons. The second kappa shape index (κ2) is 6.42. The summed E-state index contributed by atoms with van der Waals surface area (Å²) in [6, 6.07) is 0. The Balaban J connectivity index is 0. The topological polar surface area (TPSA) is 26.0 Å². The molecule has 0 spiro atoms. The van der Waals surface area contributed by atoms with Crippen LogP contribution in [0, 0.1) is 5.41 Å². The normalized spacial score (nSPS) is 29.5. The van der Waals surface area contributed by atoms with Crippen molar-refractivity contribution in [1.29, 1.82) is 0 Å². The van der Waals surface area contributed by atoms with Crippen LogP contribution in [-0.2, 0) is 0 Å². The first-order chi connectivity index (χ1) is 5.91. The molecule has 1 unspecified atom stereocenters. The van der Waals surface area contributed by atoms with E-state index in [9.17, 15) is 0 Å². The van der Waals surface area contributed by atoms with Crippen LogP contribution in [0.25, 0.3) is 0 Å². The van der Waals surface area contributed by atoms with Gasteiger partial charge in [-0.1, -0.05) is 41.5 Å². The third kappa shape index (κ3) is 7.06. The van der Waals surface area contributed by atoms with Crippen molar-refractivity contribution >= 4 is 0 Å². The van der Waals surface area contributed by atoms with E-state index in [0.717, 1.165) is 0 Å². The summed E-state index contributed by atoms with van der Waals surface area (Å²) in [4.78, 5) is 0. The minimum absolute atomic E-state index is 0.128. The van der Waals surface area contributed by atoms with Gasteiger partial charge in [0.15, 0.2) is 0 Å². The molecular formula is C12H29N. The summed E-state index contributed by atoms with van der Waals surface area (Å²) < 4.78 is 0. The highest BCUT2D eigenvalue weighted by atomic mass is 14.7. The quantitative estimate of drug-likeness (QED) is 0.610. The van der Waals surface area contributed by atoms with Crippen molar-refractivity contribution in [2.24, 2.45) is 11.1 Å². The lowest BCUT2D eigenvalue weighted by Crippen LogP contribution is -2.33. The van der Waals surface area contributed by atoms with Crippen molar-refractivity contribution in [3.05, 3.63) is 0 Å². The molecule has 0 aromatic rings. The van der Waals surface area contributed by atoms with Gasteiger partial charge in [-0.3, -0.25) is 0 Å². The van der Waals surface area contributed by atoms with Crippen LogP contribution in [0.3, 0.4) is 0 Å². The van der Waals surface area contributed by atoms with Crippen LogP contribution in [0.5, 0.6) is 0 Å². The number of hydrogen-bond acceptors (Lipinski definition) is 1. The summed E-state index contributed by atoms with van der Waals surface area (Å²) in [6.45, 7) is 14.7. The van der Waals surface area contributed by atoms with Gasteiger partial charge < -0.3 is 5.73 Å². The van der Waals surface area contributed by atoms with E-state index >= 15 is 0 Å². The zero-order chi connectivity index (χ0) is 11.1. The Morgan fingerprint density at radius 2 is 1.23 bits per heavy atom. The lowest BCUT2D eigenvalue weighted by Gasteiger charge is -2.21. The molecule has 1 heteroatoms. The van der Waals surface area contributed by atoms with E-state index in [4.69, 9.17) is 5.73 Å². The molecule has 0 bridgehead atoms. The molecule has 0 aliphatic heterocycles. The second-order valence-corrected chi connectivity index (χ2v) is 4.50. The average molecular weight is 187 g/mol. The molecule has 1 nitrogen and oxygen atoms in total. The number of rotatable bonds is 0. The van der Waals surface area contributed by atoms with Crippen LogP contribution < -0.4 is 5.73 Å². The van der Waals surface area contributed by atoms with Gasteiger partial charge in [-0.25, -0.2) is 0 Å². The van der Waals surface area contributed by atoms with Gasteiger partial charge in [-0.05, 0) is 31.6 Å². The maximum atomic E-state index is 5.95. The maximum Gasteiger partial charge on any atom is 0.0131 e. The lowest BCUT2D eigenvalue weighted by molar-refractivity contribution is 0.348. The molecule has 1 atom stereocenters. The van der Waals surface area contributed by atoms with Gasteiger partial charge in [0.25, 0.3) is 0 Å². The molecule has 0 heterocycles. The smallest absolute Gasteiger partial charge is 0.0131 e. The second-order valence-electron chi connectivity index (χ2n) is 4.50. The Morgan fingerprint density at radius 1 is 0.846 bits per heavy atom. The van der Waals surface area contributed by atoms with Gasteiger partial charge in [0.2, 0.25) is 0 Å². The van der Waals surface area contributed by atoms with E-state index in [2.05, 4.69) is 20.8 Å². The third-order valence-corrected chi connectivity index (χ3v) is 2.26. The van der Waals surface area contributed by atoms with Gasteiger partial charge in [-0.15, -0.1) is 0 Å². The Labute approximate surface area is 85.1 Å². The van der Waals surface area contributed by atoms with Crippen molar-refractivity contribution < 1.29 is 0 Å². The minimum Gasteiger partial charge on any atom is -0.325 e. The van der Waals surface area contributed by atoms with Crippen molar-refractivity contribution in [3.8, 4) is 0 Å². The monoisotopic (exact) mass is 187 g/mol. The SMILES string of the molecule is CC.CC.CC1(C)CCC(C)(N)C1. The predicted molar refractivity (Wildman–Crippen MR) is 62.9 cm³/mol. The fourth-order valence-corrected chi connectivity index (χ4v) is 1.89.